The molecule has 0 saturated heterocycles. The molecule has 0 aliphatic rings. The molecule has 19 heavy (non-hydrogen) atoms. The van der Waals surface area contributed by atoms with Crippen molar-refractivity contribution in [3.05, 3.63) is 20.8 Å². The number of carbonyl (C=O) groups excluding carboxylic acids is 1. The van der Waals surface area contributed by atoms with Crippen LogP contribution in [0.4, 0.5) is 0 Å². The highest BCUT2D eigenvalue weighted by Crippen LogP contribution is 2.23. The summed E-state index contributed by atoms with van der Waals surface area (Å²) in [7, 11) is 3.68. The van der Waals surface area contributed by atoms with Crippen molar-refractivity contribution >= 4 is 33.2 Å². The quantitative estimate of drug-likeness (QED) is 0.797. The van der Waals surface area contributed by atoms with E-state index in [9.17, 15) is 4.79 Å². The zero-order valence-electron chi connectivity index (χ0n) is 11.4. The average molecular weight is 344 g/mol. The van der Waals surface area contributed by atoms with Crippen molar-refractivity contribution in [3.8, 4) is 6.07 Å². The molecule has 0 saturated carbocycles. The smallest absolute Gasteiger partial charge is 0.239 e. The zero-order valence-corrected chi connectivity index (χ0v) is 13.8. The summed E-state index contributed by atoms with van der Waals surface area (Å²) in [6.45, 7) is 3.13. The monoisotopic (exact) mass is 343 g/mol. The van der Waals surface area contributed by atoms with E-state index in [2.05, 4.69) is 28.1 Å². The van der Waals surface area contributed by atoms with Gasteiger partial charge in [-0.05, 0) is 42.0 Å². The molecule has 1 amide bonds. The normalized spacial score (nSPS) is 12.2. The lowest BCUT2D eigenvalue weighted by Gasteiger charge is -2.27. The highest BCUT2D eigenvalue weighted by atomic mass is 79.9. The highest BCUT2D eigenvalue weighted by molar-refractivity contribution is 9.11. The van der Waals surface area contributed by atoms with Crippen LogP contribution in [0.25, 0.3) is 0 Å². The van der Waals surface area contributed by atoms with Crippen molar-refractivity contribution in [1.29, 1.82) is 5.26 Å². The van der Waals surface area contributed by atoms with Gasteiger partial charge in [0, 0.05) is 25.0 Å². The van der Waals surface area contributed by atoms with Crippen LogP contribution in [0.2, 0.25) is 0 Å². The molecule has 0 aliphatic heterocycles. The largest absolute Gasteiger partial charge is 0.343 e. The molecular formula is C13H18BrN3OS. The fraction of sp³-hybridized carbons (Fsp3) is 0.538. The Morgan fingerprint density at radius 3 is 2.74 bits per heavy atom. The Kier molecular flexibility index (Phi) is 6.49. The van der Waals surface area contributed by atoms with E-state index >= 15 is 0 Å². The second-order valence-electron chi connectivity index (χ2n) is 4.46. The number of thiophene rings is 1. The van der Waals surface area contributed by atoms with E-state index in [0.717, 1.165) is 10.3 Å². The number of amides is 1. The van der Waals surface area contributed by atoms with Crippen LogP contribution in [0.15, 0.2) is 15.9 Å². The van der Waals surface area contributed by atoms with Gasteiger partial charge in [0.25, 0.3) is 0 Å². The van der Waals surface area contributed by atoms with Gasteiger partial charge in [0.1, 0.15) is 0 Å². The van der Waals surface area contributed by atoms with E-state index in [1.165, 1.54) is 4.88 Å². The molecule has 0 aromatic carbocycles. The van der Waals surface area contributed by atoms with Gasteiger partial charge in [0.2, 0.25) is 5.91 Å². The van der Waals surface area contributed by atoms with E-state index in [1.54, 1.807) is 23.3 Å². The first-order valence-electron chi connectivity index (χ1n) is 6.02. The maximum Gasteiger partial charge on any atom is 0.239 e. The fourth-order valence-corrected chi connectivity index (χ4v) is 3.20. The van der Waals surface area contributed by atoms with E-state index in [4.69, 9.17) is 5.26 Å². The third kappa shape index (κ3) is 4.94. The number of rotatable bonds is 6. The van der Waals surface area contributed by atoms with E-state index in [-0.39, 0.29) is 11.9 Å². The van der Waals surface area contributed by atoms with Crippen molar-refractivity contribution in [1.82, 2.24) is 9.80 Å². The summed E-state index contributed by atoms with van der Waals surface area (Å²) in [6, 6.07) is 5.93. The molecule has 6 heteroatoms. The Hall–Kier alpha value is -0.900. The van der Waals surface area contributed by atoms with E-state index in [1.807, 2.05) is 24.9 Å². The van der Waals surface area contributed by atoms with Crippen LogP contribution in [0.3, 0.4) is 0 Å². The molecule has 0 spiro atoms. The summed E-state index contributed by atoms with van der Waals surface area (Å²) in [6.07, 6.45) is 0.372. The second kappa shape index (κ2) is 7.63. The number of hydrogen-bond acceptors (Lipinski definition) is 4. The van der Waals surface area contributed by atoms with Crippen LogP contribution in [0.5, 0.6) is 0 Å². The van der Waals surface area contributed by atoms with Gasteiger partial charge in [-0.3, -0.25) is 9.69 Å². The number of nitrogens with zero attached hydrogens (tertiary/aromatic N) is 3. The molecule has 1 aromatic heterocycles. The third-order valence-electron chi connectivity index (χ3n) is 2.99. The predicted octanol–water partition coefficient (Wildman–Crippen LogP) is 2.70. The molecule has 1 unspecified atom stereocenters. The highest BCUT2D eigenvalue weighted by Gasteiger charge is 2.21. The lowest BCUT2D eigenvalue weighted by Crippen LogP contribution is -2.43. The molecule has 1 rings (SSSR count). The SMILES string of the molecule is CC(C(=O)N(C)CCC#N)N(C)Cc1ccc(Br)s1. The van der Waals surface area contributed by atoms with Gasteiger partial charge in [-0.15, -0.1) is 11.3 Å². The summed E-state index contributed by atoms with van der Waals surface area (Å²) in [5.41, 5.74) is 0. The predicted molar refractivity (Wildman–Crippen MR) is 80.8 cm³/mol. The van der Waals surface area contributed by atoms with Crippen LogP contribution >= 0.6 is 27.3 Å². The first-order valence-corrected chi connectivity index (χ1v) is 7.63. The fourth-order valence-electron chi connectivity index (χ4n) is 1.65. The molecule has 4 nitrogen and oxygen atoms in total. The van der Waals surface area contributed by atoms with E-state index in [0.29, 0.717) is 13.0 Å². The van der Waals surface area contributed by atoms with Gasteiger partial charge in [0.15, 0.2) is 0 Å². The van der Waals surface area contributed by atoms with Crippen molar-refractivity contribution < 1.29 is 4.79 Å². The Morgan fingerprint density at radius 2 is 2.21 bits per heavy atom. The Morgan fingerprint density at radius 1 is 1.53 bits per heavy atom. The molecule has 0 fully saturated rings. The van der Waals surface area contributed by atoms with Crippen molar-refractivity contribution in [2.24, 2.45) is 0 Å². The minimum Gasteiger partial charge on any atom is -0.343 e. The van der Waals surface area contributed by atoms with Gasteiger partial charge in [-0.2, -0.15) is 5.26 Å². The Balaban J connectivity index is 2.54. The van der Waals surface area contributed by atoms with Crippen LogP contribution in [0.1, 0.15) is 18.2 Å². The van der Waals surface area contributed by atoms with Gasteiger partial charge in [-0.1, -0.05) is 0 Å². The Bertz CT molecular complexity index is 469. The summed E-state index contributed by atoms with van der Waals surface area (Å²) in [5.74, 6) is 0.0494. The minimum atomic E-state index is -0.190. The van der Waals surface area contributed by atoms with E-state index < -0.39 is 0 Å². The molecule has 0 N–H and O–H groups in total. The Labute approximate surface area is 126 Å². The summed E-state index contributed by atoms with van der Waals surface area (Å²) in [5, 5.41) is 8.54. The number of nitriles is 1. The number of halogens is 1. The second-order valence-corrected chi connectivity index (χ2v) is 7.01. The zero-order chi connectivity index (χ0) is 14.4. The summed E-state index contributed by atoms with van der Waals surface area (Å²) >= 11 is 5.11. The van der Waals surface area contributed by atoms with Gasteiger partial charge >= 0.3 is 0 Å². The first kappa shape index (κ1) is 16.2. The number of hydrogen-bond donors (Lipinski definition) is 0. The third-order valence-corrected chi connectivity index (χ3v) is 4.60. The summed E-state index contributed by atoms with van der Waals surface area (Å²) < 4.78 is 1.10. The topological polar surface area (TPSA) is 47.3 Å². The van der Waals surface area contributed by atoms with Crippen LogP contribution in [0, 0.1) is 11.3 Å². The molecule has 1 atom stereocenters. The van der Waals surface area contributed by atoms with Crippen molar-refractivity contribution in [2.75, 3.05) is 20.6 Å². The van der Waals surface area contributed by atoms with Gasteiger partial charge in [0.05, 0.1) is 22.3 Å². The molecule has 0 bridgehead atoms. The number of carbonyl (C=O) groups is 1. The minimum absolute atomic E-state index is 0.0494. The van der Waals surface area contributed by atoms with Gasteiger partial charge < -0.3 is 4.90 Å². The molecular weight excluding hydrogens is 326 g/mol. The van der Waals surface area contributed by atoms with Crippen LogP contribution in [-0.4, -0.2) is 42.4 Å². The van der Waals surface area contributed by atoms with Crippen LogP contribution < -0.4 is 0 Å². The lowest BCUT2D eigenvalue weighted by atomic mass is 10.2. The van der Waals surface area contributed by atoms with Crippen LogP contribution in [-0.2, 0) is 11.3 Å². The standard InChI is InChI=1S/C13H18BrN3OS/c1-10(13(18)16(2)8-4-7-15)17(3)9-11-5-6-12(14)19-11/h5-6,10H,4,8-9H2,1-3H3. The maximum absolute atomic E-state index is 12.2. The summed E-state index contributed by atoms with van der Waals surface area (Å²) in [4.78, 5) is 17.0. The van der Waals surface area contributed by atoms with Gasteiger partial charge in [-0.25, -0.2) is 0 Å². The molecule has 104 valence electrons. The molecule has 0 radical (unpaired) electrons. The maximum atomic E-state index is 12.2. The van der Waals surface area contributed by atoms with Crippen molar-refractivity contribution in [2.45, 2.75) is 25.9 Å². The van der Waals surface area contributed by atoms with Crippen molar-refractivity contribution in [3.63, 3.8) is 0 Å². The lowest BCUT2D eigenvalue weighted by molar-refractivity contribution is -0.134. The molecule has 1 heterocycles. The molecule has 1 aromatic rings. The first-order chi connectivity index (χ1) is 8.95. The number of likely N-dealkylation sites (N-methyl/N-ethyl adjacent to an activating group) is 2. The average Bonchev–Trinajstić information content (AvgIpc) is 2.79. The molecule has 0 aliphatic carbocycles.